The number of nitrogens with zero attached hydrogens (tertiary/aromatic N) is 5. The predicted octanol–water partition coefficient (Wildman–Crippen LogP) is 4.33. The maximum Gasteiger partial charge on any atom is 0.242 e. The molecule has 2 aromatic heterocycles. The van der Waals surface area contributed by atoms with E-state index in [1.54, 1.807) is 7.11 Å². The number of nitrogens with one attached hydrogen (secondary N) is 1. The second kappa shape index (κ2) is 12.4. The van der Waals surface area contributed by atoms with Crippen LogP contribution in [0.1, 0.15) is 68.9 Å². The number of hydrogen-bond acceptors (Lipinski definition) is 8. The molecule has 11 heteroatoms. The molecule has 0 unspecified atom stereocenters. The summed E-state index contributed by atoms with van der Waals surface area (Å²) in [6.07, 6.45) is 1.79. The maximum atomic E-state index is 13.6. The van der Waals surface area contributed by atoms with E-state index in [0.29, 0.717) is 30.3 Å². The molecule has 1 N–H and O–H groups in total. The van der Waals surface area contributed by atoms with Gasteiger partial charge in [-0.25, -0.2) is 4.68 Å². The summed E-state index contributed by atoms with van der Waals surface area (Å²) in [4.78, 5) is 15.9. The number of carbonyl (C=O) groups excluding carboxylic acids is 1. The molecule has 3 heterocycles. The van der Waals surface area contributed by atoms with Gasteiger partial charge in [0, 0.05) is 35.8 Å². The number of rotatable bonds is 9. The van der Waals surface area contributed by atoms with Crippen LogP contribution in [0.25, 0.3) is 5.65 Å². The van der Waals surface area contributed by atoms with Crippen LogP contribution in [-0.2, 0) is 16.7 Å². The highest BCUT2D eigenvalue weighted by atomic mass is 35.5. The number of aryl methyl sites for hydroxylation is 1. The lowest BCUT2D eigenvalue weighted by Crippen LogP contribution is -2.37. The van der Waals surface area contributed by atoms with Crippen LogP contribution >= 0.6 is 12.4 Å². The fourth-order valence-electron chi connectivity index (χ4n) is 4.74. The molecule has 0 saturated carbocycles. The number of ether oxygens (including phenoxy) is 3. The smallest absolute Gasteiger partial charge is 0.242 e. The van der Waals surface area contributed by atoms with Gasteiger partial charge in [0.25, 0.3) is 0 Å². The van der Waals surface area contributed by atoms with Crippen LogP contribution in [0.4, 0.5) is 5.69 Å². The average molecular weight is 561 g/mol. The third-order valence-electron chi connectivity index (χ3n) is 7.00. The Hall–Kier alpha value is -3.11. The number of hydrogen-bond donors (Lipinski definition) is 1. The summed E-state index contributed by atoms with van der Waals surface area (Å²) in [7, 11) is 1.67. The van der Waals surface area contributed by atoms with Gasteiger partial charge in [-0.1, -0.05) is 34.6 Å². The van der Waals surface area contributed by atoms with E-state index < -0.39 is 0 Å². The van der Waals surface area contributed by atoms with Crippen LogP contribution in [0.5, 0.6) is 11.6 Å². The van der Waals surface area contributed by atoms with Gasteiger partial charge < -0.3 is 19.1 Å². The van der Waals surface area contributed by atoms with Gasteiger partial charge in [-0.15, -0.1) is 22.6 Å². The van der Waals surface area contributed by atoms with E-state index in [9.17, 15) is 4.79 Å². The Kier molecular flexibility index (Phi) is 9.66. The van der Waals surface area contributed by atoms with Crippen LogP contribution in [0.3, 0.4) is 0 Å². The zero-order valence-electron chi connectivity index (χ0n) is 24.0. The quantitative estimate of drug-likeness (QED) is 0.388. The van der Waals surface area contributed by atoms with Crippen molar-refractivity contribution in [1.82, 2.24) is 19.4 Å². The van der Waals surface area contributed by atoms with Crippen molar-refractivity contribution in [3.05, 3.63) is 40.5 Å². The van der Waals surface area contributed by atoms with Crippen LogP contribution < -0.4 is 20.0 Å². The van der Waals surface area contributed by atoms with Crippen molar-refractivity contribution in [3.8, 4) is 11.6 Å². The molecular weight excluding hydrogens is 520 g/mol. The normalized spacial score (nSPS) is 14.0. The third kappa shape index (κ3) is 6.38. The second-order valence-corrected chi connectivity index (χ2v) is 10.8. The fourth-order valence-corrected chi connectivity index (χ4v) is 4.74. The first-order valence-electron chi connectivity index (χ1n) is 13.3. The van der Waals surface area contributed by atoms with Gasteiger partial charge in [0.1, 0.15) is 12.3 Å². The Bertz CT molecular complexity index is 1370. The van der Waals surface area contributed by atoms with Crippen LogP contribution in [0.2, 0.25) is 0 Å². The minimum Gasteiger partial charge on any atom is -0.494 e. The molecule has 0 bridgehead atoms. The highest BCUT2D eigenvalue weighted by Crippen LogP contribution is 2.40. The topological polar surface area (TPSA) is 107 Å². The van der Waals surface area contributed by atoms with Crippen molar-refractivity contribution < 1.29 is 19.0 Å². The number of ketones is 1. The molecule has 1 aromatic carbocycles. The molecule has 0 amide bonds. The van der Waals surface area contributed by atoms with E-state index in [0.717, 1.165) is 48.5 Å². The van der Waals surface area contributed by atoms with Gasteiger partial charge in [-0.2, -0.15) is 4.52 Å². The lowest BCUT2D eigenvalue weighted by Gasteiger charge is -2.33. The van der Waals surface area contributed by atoms with Gasteiger partial charge in [0.15, 0.2) is 11.4 Å². The Morgan fingerprint density at radius 3 is 2.38 bits per heavy atom. The van der Waals surface area contributed by atoms with Gasteiger partial charge >= 0.3 is 0 Å². The Morgan fingerprint density at radius 1 is 1.13 bits per heavy atom. The second-order valence-electron chi connectivity index (χ2n) is 10.8. The van der Waals surface area contributed by atoms with Crippen LogP contribution in [0, 0.1) is 12.3 Å². The minimum atomic E-state index is -0.244. The first-order chi connectivity index (χ1) is 18.1. The summed E-state index contributed by atoms with van der Waals surface area (Å²) in [6.45, 7) is 15.0. The highest BCUT2D eigenvalue weighted by molar-refractivity contribution is 5.97. The van der Waals surface area contributed by atoms with Crippen molar-refractivity contribution in [1.29, 1.82) is 5.41 Å². The molecule has 0 radical (unpaired) electrons. The summed E-state index contributed by atoms with van der Waals surface area (Å²) in [5, 5.41) is 17.8. The zero-order valence-corrected chi connectivity index (χ0v) is 24.9. The number of anilines is 1. The van der Waals surface area contributed by atoms with Crippen LogP contribution in [-0.4, -0.2) is 64.7 Å². The number of benzene rings is 1. The first-order valence-corrected chi connectivity index (χ1v) is 13.3. The Labute approximate surface area is 236 Å². The van der Waals surface area contributed by atoms with Crippen molar-refractivity contribution in [2.45, 2.75) is 72.4 Å². The molecule has 4 rings (SSSR count). The number of aromatic nitrogens is 4. The predicted molar refractivity (Wildman–Crippen MR) is 153 cm³/mol. The molecular formula is C28H41ClN6O4. The molecule has 3 aromatic rings. The number of methoxy groups -OCH3 is 1. The van der Waals surface area contributed by atoms with Crippen molar-refractivity contribution >= 4 is 29.5 Å². The number of fused-ring (bicyclic) bond motifs is 1. The molecule has 0 aliphatic carbocycles. The molecule has 39 heavy (non-hydrogen) atoms. The van der Waals surface area contributed by atoms with E-state index >= 15 is 0 Å². The fraction of sp³-hybridized carbons (Fsp3) is 0.571. The van der Waals surface area contributed by atoms with E-state index in [1.807, 2.05) is 25.1 Å². The molecule has 214 valence electrons. The summed E-state index contributed by atoms with van der Waals surface area (Å²) in [6, 6.07) is 5.64. The third-order valence-corrected chi connectivity index (χ3v) is 7.00. The lowest BCUT2D eigenvalue weighted by molar-refractivity contribution is 0.0965. The number of Topliss-reactive ketones (excluding diaryl/α,β-unsaturated/α-hetero) is 1. The maximum absolute atomic E-state index is 13.6. The first kappa shape index (κ1) is 30.4. The van der Waals surface area contributed by atoms with E-state index in [4.69, 9.17) is 19.6 Å². The highest BCUT2D eigenvalue weighted by Gasteiger charge is 2.27. The molecule has 0 spiro atoms. The van der Waals surface area contributed by atoms with Crippen molar-refractivity contribution in [2.75, 3.05) is 38.3 Å². The van der Waals surface area contributed by atoms with Crippen molar-refractivity contribution in [3.63, 3.8) is 0 Å². The van der Waals surface area contributed by atoms with Crippen LogP contribution in [0.15, 0.2) is 18.2 Å². The number of morpholine rings is 1. The molecule has 1 aliphatic rings. The molecule has 1 saturated heterocycles. The molecule has 1 fully saturated rings. The Morgan fingerprint density at radius 2 is 1.79 bits per heavy atom. The SMILES string of the molecule is CCC(CC)Oc1cc(C)c2nn(CC(=O)c3cc(N4CCOCC4)c(OC)c(C(C)(C)C)c3)c(=N)n2n1.Cl. The summed E-state index contributed by atoms with van der Waals surface area (Å²) >= 11 is 0. The number of halogens is 1. The van der Waals surface area contributed by atoms with Gasteiger partial charge in [0.05, 0.1) is 32.1 Å². The lowest BCUT2D eigenvalue weighted by atomic mass is 9.84. The van der Waals surface area contributed by atoms with E-state index in [2.05, 4.69) is 49.7 Å². The Balaban J connectivity index is 0.00000420. The van der Waals surface area contributed by atoms with Crippen molar-refractivity contribution in [2.24, 2.45) is 0 Å². The van der Waals surface area contributed by atoms with Gasteiger partial charge in [0.2, 0.25) is 11.5 Å². The van der Waals surface area contributed by atoms with E-state index in [1.165, 1.54) is 9.20 Å². The van der Waals surface area contributed by atoms with E-state index in [-0.39, 0.29) is 41.9 Å². The summed E-state index contributed by atoms with van der Waals surface area (Å²) < 4.78 is 20.3. The van der Waals surface area contributed by atoms with Gasteiger partial charge in [-0.3, -0.25) is 10.2 Å². The summed E-state index contributed by atoms with van der Waals surface area (Å²) in [5.41, 5.74) is 3.53. The molecule has 0 atom stereocenters. The molecule has 1 aliphatic heterocycles. The summed E-state index contributed by atoms with van der Waals surface area (Å²) in [5.74, 6) is 1.09. The standard InChI is InChI=1S/C28H40N6O4.ClH/c1-8-20(9-2)38-24-14-18(3)26-31-33(27(29)34(26)30-24)17-23(35)19-15-21(28(4,5)6)25(36-7)22(16-19)32-10-12-37-13-11-32;/h14-16,20,29H,8-13,17H2,1-7H3;1H. The largest absolute Gasteiger partial charge is 0.494 e. The zero-order chi connectivity index (χ0) is 27.6. The minimum absolute atomic E-state index is 0. The molecule has 10 nitrogen and oxygen atoms in total. The number of carbonyl (C=O) groups is 1. The monoisotopic (exact) mass is 560 g/mol. The van der Waals surface area contributed by atoms with Gasteiger partial charge in [-0.05, 0) is 37.3 Å². The average Bonchev–Trinajstić information content (AvgIpc) is 3.21.